The van der Waals surface area contributed by atoms with Crippen LogP contribution in [0.25, 0.3) is 44.3 Å². The van der Waals surface area contributed by atoms with Gasteiger partial charge in [-0.2, -0.15) is 0 Å². The van der Waals surface area contributed by atoms with E-state index in [9.17, 15) is 0 Å². The van der Waals surface area contributed by atoms with Gasteiger partial charge in [0.2, 0.25) is 0 Å². The first-order valence-corrected chi connectivity index (χ1v) is 7.97. The number of nitrogens with one attached hydrogen (secondary N) is 1. The third kappa shape index (κ3) is 2.19. The van der Waals surface area contributed by atoms with Crippen LogP contribution in [0.4, 0.5) is 0 Å². The molecule has 0 unspecified atom stereocenters. The third-order valence-corrected chi connectivity index (χ3v) is 4.45. The summed E-state index contributed by atoms with van der Waals surface area (Å²) >= 11 is 0. The van der Waals surface area contributed by atoms with E-state index >= 15 is 0 Å². The Morgan fingerprint density at radius 1 is 1.00 bits per heavy atom. The van der Waals surface area contributed by atoms with Gasteiger partial charge in [0.05, 0.1) is 5.52 Å². The molecule has 0 fully saturated rings. The number of H-pyrrole nitrogens is 1. The average molecular weight is 326 g/mol. The van der Waals surface area contributed by atoms with Gasteiger partial charge in [-0.05, 0) is 29.8 Å². The first-order chi connectivity index (χ1) is 12.3. The molecule has 0 atom stereocenters. The molecule has 6 nitrogen and oxygen atoms in total. The molecule has 0 radical (unpaired) electrons. The summed E-state index contributed by atoms with van der Waals surface area (Å²) in [6.07, 6.45) is 7.49. The molecule has 0 saturated heterocycles. The molecule has 0 aliphatic rings. The van der Waals surface area contributed by atoms with Crippen molar-refractivity contribution < 1.29 is 0 Å². The van der Waals surface area contributed by atoms with Crippen molar-refractivity contribution >= 4 is 22.1 Å². The van der Waals surface area contributed by atoms with Crippen LogP contribution in [0, 0.1) is 0 Å². The lowest BCUT2D eigenvalue weighted by Gasteiger charge is -2.03. The highest BCUT2D eigenvalue weighted by Gasteiger charge is 2.11. The van der Waals surface area contributed by atoms with Crippen LogP contribution in [0.15, 0.2) is 61.2 Å². The molecule has 120 valence electrons. The SMILES string of the molecule is Cn1nnc2ccc(-c3c[nH]c4ncc(-c5cccnc5)cc34)cc21. The summed E-state index contributed by atoms with van der Waals surface area (Å²) in [6.45, 7) is 0. The van der Waals surface area contributed by atoms with Gasteiger partial charge >= 0.3 is 0 Å². The first kappa shape index (κ1) is 13.9. The van der Waals surface area contributed by atoms with Gasteiger partial charge in [-0.3, -0.25) is 4.98 Å². The number of aromatic amines is 1. The molecule has 0 spiro atoms. The van der Waals surface area contributed by atoms with Gasteiger partial charge < -0.3 is 4.98 Å². The number of aromatic nitrogens is 6. The minimum Gasteiger partial charge on any atom is -0.346 e. The van der Waals surface area contributed by atoms with Crippen molar-refractivity contribution in [2.75, 3.05) is 0 Å². The molecule has 6 heteroatoms. The standard InChI is InChI=1S/C19H14N6/c1-25-18-8-12(4-5-17(18)23-24-25)16-11-22-19-15(16)7-14(10-21-19)13-3-2-6-20-9-13/h2-11H,1H3,(H,21,22). The highest BCUT2D eigenvalue weighted by molar-refractivity contribution is 5.97. The number of fused-ring (bicyclic) bond motifs is 2. The van der Waals surface area contributed by atoms with E-state index in [2.05, 4.69) is 43.5 Å². The van der Waals surface area contributed by atoms with Crippen molar-refractivity contribution in [2.24, 2.45) is 7.05 Å². The Hall–Kier alpha value is -3.54. The summed E-state index contributed by atoms with van der Waals surface area (Å²) < 4.78 is 1.78. The van der Waals surface area contributed by atoms with Crippen molar-refractivity contribution in [2.45, 2.75) is 0 Å². The largest absolute Gasteiger partial charge is 0.346 e. The van der Waals surface area contributed by atoms with Crippen molar-refractivity contribution in [3.8, 4) is 22.3 Å². The van der Waals surface area contributed by atoms with Crippen LogP contribution in [0.2, 0.25) is 0 Å². The second-order valence-electron chi connectivity index (χ2n) is 5.98. The zero-order valence-electron chi connectivity index (χ0n) is 13.5. The third-order valence-electron chi connectivity index (χ3n) is 4.45. The molecule has 0 aliphatic carbocycles. The van der Waals surface area contributed by atoms with Crippen molar-refractivity contribution in [3.05, 3.63) is 61.2 Å². The quantitative estimate of drug-likeness (QED) is 0.538. The molecule has 25 heavy (non-hydrogen) atoms. The highest BCUT2D eigenvalue weighted by Crippen LogP contribution is 2.32. The van der Waals surface area contributed by atoms with Crippen molar-refractivity contribution in [3.63, 3.8) is 0 Å². The van der Waals surface area contributed by atoms with E-state index in [1.807, 2.05) is 43.8 Å². The van der Waals surface area contributed by atoms with Crippen LogP contribution < -0.4 is 0 Å². The molecular weight excluding hydrogens is 312 g/mol. The first-order valence-electron chi connectivity index (χ1n) is 7.97. The smallest absolute Gasteiger partial charge is 0.137 e. The maximum atomic E-state index is 4.56. The van der Waals surface area contributed by atoms with E-state index in [4.69, 9.17) is 0 Å². The Morgan fingerprint density at radius 2 is 1.96 bits per heavy atom. The Morgan fingerprint density at radius 3 is 2.84 bits per heavy atom. The molecular formula is C19H14N6. The van der Waals surface area contributed by atoms with Crippen LogP contribution in [-0.2, 0) is 7.05 Å². The van der Waals surface area contributed by atoms with E-state index in [0.29, 0.717) is 0 Å². The molecule has 0 saturated carbocycles. The minimum absolute atomic E-state index is 0.867. The molecule has 5 aromatic rings. The van der Waals surface area contributed by atoms with Crippen LogP contribution >= 0.6 is 0 Å². The molecule has 4 heterocycles. The van der Waals surface area contributed by atoms with Crippen molar-refractivity contribution in [1.82, 2.24) is 29.9 Å². The monoisotopic (exact) mass is 326 g/mol. The summed E-state index contributed by atoms with van der Waals surface area (Å²) in [6, 6.07) is 12.3. The van der Waals surface area contributed by atoms with Gasteiger partial charge in [0.25, 0.3) is 0 Å². The van der Waals surface area contributed by atoms with Crippen molar-refractivity contribution in [1.29, 1.82) is 0 Å². The lowest BCUT2D eigenvalue weighted by Crippen LogP contribution is -1.89. The summed E-state index contributed by atoms with van der Waals surface area (Å²) in [5.74, 6) is 0. The predicted octanol–water partition coefficient (Wildman–Crippen LogP) is 3.57. The molecule has 0 amide bonds. The fourth-order valence-corrected chi connectivity index (χ4v) is 3.13. The Balaban J connectivity index is 1.71. The number of rotatable bonds is 2. The summed E-state index contributed by atoms with van der Waals surface area (Å²) in [4.78, 5) is 12.0. The molecule has 1 aromatic carbocycles. The zero-order valence-corrected chi connectivity index (χ0v) is 13.5. The number of aryl methyl sites for hydroxylation is 1. The summed E-state index contributed by atoms with van der Waals surface area (Å²) in [7, 11) is 1.90. The van der Waals surface area contributed by atoms with E-state index in [0.717, 1.165) is 44.3 Å². The van der Waals surface area contributed by atoms with Crippen LogP contribution in [0.3, 0.4) is 0 Å². The number of hydrogen-bond donors (Lipinski definition) is 1. The fourth-order valence-electron chi connectivity index (χ4n) is 3.13. The van der Waals surface area contributed by atoms with Crippen LogP contribution in [-0.4, -0.2) is 29.9 Å². The zero-order chi connectivity index (χ0) is 16.8. The highest BCUT2D eigenvalue weighted by atomic mass is 15.4. The maximum absolute atomic E-state index is 4.56. The minimum atomic E-state index is 0.867. The number of pyridine rings is 2. The second-order valence-corrected chi connectivity index (χ2v) is 5.98. The van der Waals surface area contributed by atoms with Gasteiger partial charge in [-0.25, -0.2) is 9.67 Å². The molecule has 5 rings (SSSR count). The lowest BCUT2D eigenvalue weighted by molar-refractivity contribution is 0.736. The normalized spacial score (nSPS) is 11.4. The van der Waals surface area contributed by atoms with Crippen LogP contribution in [0.1, 0.15) is 0 Å². The number of hydrogen-bond acceptors (Lipinski definition) is 4. The Bertz CT molecular complexity index is 1200. The van der Waals surface area contributed by atoms with Gasteiger partial charge in [0.15, 0.2) is 0 Å². The molecule has 1 N–H and O–H groups in total. The van der Waals surface area contributed by atoms with Crippen LogP contribution in [0.5, 0.6) is 0 Å². The topological polar surface area (TPSA) is 72.3 Å². The molecule has 4 aromatic heterocycles. The average Bonchev–Trinajstić information content (AvgIpc) is 3.25. The van der Waals surface area contributed by atoms with E-state index in [-0.39, 0.29) is 0 Å². The van der Waals surface area contributed by atoms with E-state index < -0.39 is 0 Å². The summed E-state index contributed by atoms with van der Waals surface area (Å²) in [5.41, 5.74) is 7.07. The van der Waals surface area contributed by atoms with E-state index in [1.165, 1.54) is 0 Å². The maximum Gasteiger partial charge on any atom is 0.137 e. The van der Waals surface area contributed by atoms with Gasteiger partial charge in [-0.15, -0.1) is 5.10 Å². The Labute approximate surface area is 143 Å². The van der Waals surface area contributed by atoms with Gasteiger partial charge in [0, 0.05) is 53.9 Å². The summed E-state index contributed by atoms with van der Waals surface area (Å²) in [5, 5.41) is 9.30. The predicted molar refractivity (Wildman–Crippen MR) is 96.8 cm³/mol. The fraction of sp³-hybridized carbons (Fsp3) is 0.0526. The number of nitrogens with zero attached hydrogens (tertiary/aromatic N) is 5. The molecule has 0 bridgehead atoms. The van der Waals surface area contributed by atoms with Gasteiger partial charge in [-0.1, -0.05) is 17.3 Å². The Kier molecular flexibility index (Phi) is 2.90. The van der Waals surface area contributed by atoms with Gasteiger partial charge in [0.1, 0.15) is 11.2 Å². The second kappa shape index (κ2) is 5.24. The lowest BCUT2D eigenvalue weighted by atomic mass is 10.0. The molecule has 0 aliphatic heterocycles. The number of benzene rings is 1. The van der Waals surface area contributed by atoms with E-state index in [1.54, 1.807) is 10.9 Å².